The molecule has 2 aromatic rings. The van der Waals surface area contributed by atoms with E-state index >= 15 is 0 Å². The fraction of sp³-hybridized carbons (Fsp3) is 0.444. The monoisotopic (exact) mass is 303 g/mol. The molecule has 0 amide bonds. The zero-order chi connectivity index (χ0) is 15.2. The van der Waals surface area contributed by atoms with E-state index in [4.69, 9.17) is 5.11 Å². The number of nitrogens with one attached hydrogen (secondary N) is 1. The molecule has 2 rings (SSSR count). The molecule has 0 aliphatic carbocycles. The van der Waals surface area contributed by atoms with Gasteiger partial charge in [0.1, 0.15) is 0 Å². The zero-order valence-electron chi connectivity index (χ0n) is 13.1. The van der Waals surface area contributed by atoms with Gasteiger partial charge < -0.3 is 10.4 Å². The van der Waals surface area contributed by atoms with Gasteiger partial charge in [0.15, 0.2) is 0 Å². The summed E-state index contributed by atoms with van der Waals surface area (Å²) in [5, 5.41) is 12.9. The van der Waals surface area contributed by atoms with Crippen molar-refractivity contribution in [3.8, 4) is 0 Å². The van der Waals surface area contributed by atoms with Crippen molar-refractivity contribution in [1.82, 2.24) is 5.32 Å². The fourth-order valence-electron chi connectivity index (χ4n) is 2.80. The molecular weight excluding hydrogens is 278 g/mol. The number of aliphatic hydroxyl groups excluding tert-OH is 1. The van der Waals surface area contributed by atoms with Gasteiger partial charge in [-0.2, -0.15) is 0 Å². The first-order chi connectivity index (χ1) is 10.1. The lowest BCUT2D eigenvalue weighted by Crippen LogP contribution is -2.25. The average molecular weight is 303 g/mol. The standard InChI is InChI=1S/C18H25NOS/c1-13-12-17(15(3)21-13)14(2)19-18(10-7-11-20)16-8-5-4-6-9-16/h4-6,8-9,12,14,18-20H,7,10-11H2,1-3H3/t14-,18-/m0/s1. The lowest BCUT2D eigenvalue weighted by atomic mass is 9.99. The summed E-state index contributed by atoms with van der Waals surface area (Å²) in [5.41, 5.74) is 2.69. The van der Waals surface area contributed by atoms with Crippen LogP contribution >= 0.6 is 11.3 Å². The van der Waals surface area contributed by atoms with Crippen molar-refractivity contribution in [2.24, 2.45) is 0 Å². The van der Waals surface area contributed by atoms with Gasteiger partial charge >= 0.3 is 0 Å². The summed E-state index contributed by atoms with van der Waals surface area (Å²) in [6.45, 7) is 6.82. The first kappa shape index (κ1) is 16.2. The zero-order valence-corrected chi connectivity index (χ0v) is 13.9. The molecule has 1 aromatic carbocycles. The Labute approximate surface area is 131 Å². The summed E-state index contributed by atoms with van der Waals surface area (Å²) >= 11 is 1.86. The van der Waals surface area contributed by atoms with Crippen LogP contribution in [0.1, 0.15) is 52.7 Å². The molecule has 2 nitrogen and oxygen atoms in total. The molecule has 1 aromatic heterocycles. The van der Waals surface area contributed by atoms with Crippen molar-refractivity contribution in [2.75, 3.05) is 6.61 Å². The summed E-state index contributed by atoms with van der Waals surface area (Å²) < 4.78 is 0. The second-order valence-corrected chi connectivity index (χ2v) is 7.05. The fourth-order valence-corrected chi connectivity index (χ4v) is 3.82. The molecule has 0 saturated carbocycles. The molecular formula is C18H25NOS. The lowest BCUT2D eigenvalue weighted by molar-refractivity contribution is 0.272. The minimum Gasteiger partial charge on any atom is -0.396 e. The second-order valence-electron chi connectivity index (χ2n) is 5.59. The SMILES string of the molecule is Cc1cc([C@H](C)N[C@@H](CCCO)c2ccccc2)c(C)s1. The van der Waals surface area contributed by atoms with Gasteiger partial charge in [-0.15, -0.1) is 11.3 Å². The maximum Gasteiger partial charge on any atom is 0.0431 e. The molecule has 0 radical (unpaired) electrons. The van der Waals surface area contributed by atoms with Gasteiger partial charge in [-0.1, -0.05) is 30.3 Å². The van der Waals surface area contributed by atoms with Gasteiger partial charge in [0.2, 0.25) is 0 Å². The number of rotatable bonds is 7. The maximum absolute atomic E-state index is 9.13. The minimum absolute atomic E-state index is 0.246. The Hall–Kier alpha value is -1.16. The van der Waals surface area contributed by atoms with E-state index in [0.29, 0.717) is 6.04 Å². The highest BCUT2D eigenvalue weighted by molar-refractivity contribution is 7.12. The van der Waals surface area contributed by atoms with E-state index in [-0.39, 0.29) is 12.6 Å². The van der Waals surface area contributed by atoms with Gasteiger partial charge in [-0.3, -0.25) is 0 Å². The van der Waals surface area contributed by atoms with E-state index < -0.39 is 0 Å². The third-order valence-electron chi connectivity index (χ3n) is 3.85. The topological polar surface area (TPSA) is 32.3 Å². The number of thiophene rings is 1. The molecule has 0 fully saturated rings. The summed E-state index contributed by atoms with van der Waals surface area (Å²) in [4.78, 5) is 2.75. The molecule has 0 saturated heterocycles. The van der Waals surface area contributed by atoms with Gasteiger partial charge in [0, 0.05) is 28.4 Å². The van der Waals surface area contributed by atoms with Crippen molar-refractivity contribution in [2.45, 2.75) is 45.7 Å². The van der Waals surface area contributed by atoms with E-state index in [2.05, 4.69) is 56.4 Å². The molecule has 114 valence electrons. The highest BCUT2D eigenvalue weighted by atomic mass is 32.1. The molecule has 0 spiro atoms. The summed E-state index contributed by atoms with van der Waals surface area (Å²) in [6.07, 6.45) is 1.77. The molecule has 2 atom stereocenters. The van der Waals surface area contributed by atoms with Crippen LogP contribution in [0.25, 0.3) is 0 Å². The maximum atomic E-state index is 9.13. The molecule has 3 heteroatoms. The van der Waals surface area contributed by atoms with Crippen LogP contribution in [0, 0.1) is 13.8 Å². The Morgan fingerprint density at radius 2 is 1.90 bits per heavy atom. The molecule has 0 aliphatic heterocycles. The van der Waals surface area contributed by atoms with E-state index in [0.717, 1.165) is 12.8 Å². The predicted octanol–water partition coefficient (Wildman–Crippen LogP) is 4.53. The minimum atomic E-state index is 0.246. The van der Waals surface area contributed by atoms with Crippen LogP contribution < -0.4 is 5.32 Å². The van der Waals surface area contributed by atoms with Crippen LogP contribution in [0.3, 0.4) is 0 Å². The molecule has 1 heterocycles. The Balaban J connectivity index is 2.13. The Morgan fingerprint density at radius 3 is 2.48 bits per heavy atom. The average Bonchev–Trinajstić information content (AvgIpc) is 2.83. The Kier molecular flexibility index (Phi) is 5.97. The summed E-state index contributed by atoms with van der Waals surface area (Å²) in [6, 6.07) is 13.4. The molecule has 0 aliphatic rings. The third-order valence-corrected chi connectivity index (χ3v) is 4.83. The van der Waals surface area contributed by atoms with Crippen LogP contribution in [0.5, 0.6) is 0 Å². The number of hydrogen-bond acceptors (Lipinski definition) is 3. The largest absolute Gasteiger partial charge is 0.396 e. The van der Waals surface area contributed by atoms with Crippen LogP contribution in [0.2, 0.25) is 0 Å². The molecule has 2 N–H and O–H groups in total. The van der Waals surface area contributed by atoms with Crippen LogP contribution in [-0.2, 0) is 0 Å². The Morgan fingerprint density at radius 1 is 1.19 bits per heavy atom. The van der Waals surface area contributed by atoms with Crippen molar-refractivity contribution >= 4 is 11.3 Å². The molecule has 21 heavy (non-hydrogen) atoms. The Bertz CT molecular complexity index is 550. The second kappa shape index (κ2) is 7.74. The van der Waals surface area contributed by atoms with E-state index in [1.165, 1.54) is 20.9 Å². The first-order valence-corrected chi connectivity index (χ1v) is 8.42. The number of benzene rings is 1. The van der Waals surface area contributed by atoms with Crippen LogP contribution in [-0.4, -0.2) is 11.7 Å². The highest BCUT2D eigenvalue weighted by Crippen LogP contribution is 2.29. The van der Waals surface area contributed by atoms with Gasteiger partial charge in [-0.25, -0.2) is 0 Å². The van der Waals surface area contributed by atoms with Crippen molar-refractivity contribution in [3.05, 3.63) is 57.3 Å². The van der Waals surface area contributed by atoms with Crippen LogP contribution in [0.4, 0.5) is 0 Å². The highest BCUT2D eigenvalue weighted by Gasteiger charge is 2.17. The lowest BCUT2D eigenvalue weighted by Gasteiger charge is -2.24. The number of hydrogen-bond donors (Lipinski definition) is 2. The van der Waals surface area contributed by atoms with Crippen molar-refractivity contribution in [3.63, 3.8) is 0 Å². The smallest absolute Gasteiger partial charge is 0.0431 e. The molecule has 0 unspecified atom stereocenters. The van der Waals surface area contributed by atoms with Gasteiger partial charge in [0.25, 0.3) is 0 Å². The van der Waals surface area contributed by atoms with Crippen LogP contribution in [0.15, 0.2) is 36.4 Å². The number of aliphatic hydroxyl groups is 1. The first-order valence-electron chi connectivity index (χ1n) is 7.60. The van der Waals surface area contributed by atoms with Crippen molar-refractivity contribution < 1.29 is 5.11 Å². The summed E-state index contributed by atoms with van der Waals surface area (Å²) in [5.74, 6) is 0. The third kappa shape index (κ3) is 4.40. The van der Waals surface area contributed by atoms with E-state index in [9.17, 15) is 0 Å². The van der Waals surface area contributed by atoms with E-state index in [1.54, 1.807) is 0 Å². The molecule has 0 bridgehead atoms. The van der Waals surface area contributed by atoms with Gasteiger partial charge in [-0.05, 0) is 50.8 Å². The normalized spacial score (nSPS) is 14.1. The predicted molar refractivity (Wildman–Crippen MR) is 90.8 cm³/mol. The number of aryl methyl sites for hydroxylation is 2. The van der Waals surface area contributed by atoms with Crippen molar-refractivity contribution in [1.29, 1.82) is 0 Å². The van der Waals surface area contributed by atoms with E-state index in [1.807, 2.05) is 17.4 Å². The summed E-state index contributed by atoms with van der Waals surface area (Å²) in [7, 11) is 0. The van der Waals surface area contributed by atoms with Gasteiger partial charge in [0.05, 0.1) is 0 Å². The quantitative estimate of drug-likeness (QED) is 0.787.